The quantitative estimate of drug-likeness (QED) is 0.753. The first-order valence-corrected chi connectivity index (χ1v) is 9.24. The van der Waals surface area contributed by atoms with Gasteiger partial charge in [-0.2, -0.15) is 0 Å². The number of nitrogens with one attached hydrogen (secondary N) is 1. The molecular weight excluding hydrogens is 364 g/mol. The summed E-state index contributed by atoms with van der Waals surface area (Å²) in [6, 6.07) is 14.2. The van der Waals surface area contributed by atoms with Gasteiger partial charge in [-0.3, -0.25) is 9.59 Å². The van der Waals surface area contributed by atoms with Crippen LogP contribution in [0.1, 0.15) is 24.5 Å². The maximum atomic E-state index is 13.1. The number of amides is 2. The molecule has 0 spiro atoms. The summed E-state index contributed by atoms with van der Waals surface area (Å²) in [5.41, 5.74) is 1.71. The predicted molar refractivity (Wildman–Crippen MR) is 107 cm³/mol. The third-order valence-electron chi connectivity index (χ3n) is 4.36. The molecule has 5 nitrogen and oxygen atoms in total. The number of carbonyl (C=O) groups is 2. The minimum absolute atomic E-state index is 0.129. The minimum atomic E-state index is -0.548. The van der Waals surface area contributed by atoms with E-state index in [1.165, 1.54) is 0 Å². The van der Waals surface area contributed by atoms with Gasteiger partial charge < -0.3 is 15.0 Å². The lowest BCUT2D eigenvalue weighted by atomic mass is 10.1. The van der Waals surface area contributed by atoms with Gasteiger partial charge in [-0.1, -0.05) is 42.8 Å². The third kappa shape index (κ3) is 5.73. The average molecular weight is 389 g/mol. The van der Waals surface area contributed by atoms with Crippen LogP contribution in [0.4, 0.5) is 0 Å². The van der Waals surface area contributed by atoms with Crippen LogP contribution in [-0.2, 0) is 22.6 Å². The number of carbonyl (C=O) groups excluding carboxylic acids is 2. The third-order valence-corrected chi connectivity index (χ3v) is 4.60. The molecule has 1 unspecified atom stereocenters. The topological polar surface area (TPSA) is 58.6 Å². The normalized spacial score (nSPS) is 11.6. The molecule has 0 aliphatic heterocycles. The molecule has 2 aromatic carbocycles. The Hall–Kier alpha value is -2.53. The molecular formula is C21H25ClN2O3. The van der Waals surface area contributed by atoms with E-state index in [-0.39, 0.29) is 18.2 Å². The first-order chi connectivity index (χ1) is 13.0. The largest absolute Gasteiger partial charge is 0.497 e. The van der Waals surface area contributed by atoms with Gasteiger partial charge in [0.05, 0.1) is 13.5 Å². The highest BCUT2D eigenvalue weighted by Gasteiger charge is 2.28. The van der Waals surface area contributed by atoms with Gasteiger partial charge in [-0.25, -0.2) is 0 Å². The van der Waals surface area contributed by atoms with Crippen molar-refractivity contribution in [3.8, 4) is 5.75 Å². The van der Waals surface area contributed by atoms with Crippen LogP contribution in [0.5, 0.6) is 5.75 Å². The lowest BCUT2D eigenvalue weighted by Crippen LogP contribution is -2.48. The second-order valence-corrected chi connectivity index (χ2v) is 6.65. The van der Waals surface area contributed by atoms with Crippen molar-refractivity contribution < 1.29 is 14.3 Å². The number of benzene rings is 2. The molecule has 2 rings (SSSR count). The summed E-state index contributed by atoms with van der Waals surface area (Å²) in [5.74, 6) is 0.401. The zero-order valence-electron chi connectivity index (χ0n) is 15.9. The van der Waals surface area contributed by atoms with Crippen LogP contribution in [0, 0.1) is 0 Å². The van der Waals surface area contributed by atoms with E-state index in [9.17, 15) is 9.59 Å². The fourth-order valence-corrected chi connectivity index (χ4v) is 3.19. The highest BCUT2D eigenvalue weighted by Crippen LogP contribution is 2.19. The summed E-state index contributed by atoms with van der Waals surface area (Å²) in [5, 5.41) is 3.24. The maximum absolute atomic E-state index is 13.1. The number of halogens is 1. The fraction of sp³-hybridized carbons (Fsp3) is 0.333. The number of rotatable bonds is 8. The number of likely N-dealkylation sites (N-methyl/N-ethyl adjacent to an activating group) is 1. The Morgan fingerprint density at radius 3 is 2.48 bits per heavy atom. The smallest absolute Gasteiger partial charge is 0.242 e. The summed E-state index contributed by atoms with van der Waals surface area (Å²) in [7, 11) is 3.18. The van der Waals surface area contributed by atoms with Crippen LogP contribution in [0.25, 0.3) is 0 Å². The Bertz CT molecular complexity index is 795. The molecule has 1 N–H and O–H groups in total. The zero-order chi connectivity index (χ0) is 19.8. The van der Waals surface area contributed by atoms with Crippen molar-refractivity contribution in [2.24, 2.45) is 0 Å². The molecule has 6 heteroatoms. The van der Waals surface area contributed by atoms with E-state index in [1.807, 2.05) is 43.3 Å². The van der Waals surface area contributed by atoms with Gasteiger partial charge in [0, 0.05) is 18.6 Å². The summed E-state index contributed by atoms with van der Waals surface area (Å²) in [6.07, 6.45) is 0.697. The van der Waals surface area contributed by atoms with Gasteiger partial charge in [0.2, 0.25) is 11.8 Å². The Morgan fingerprint density at radius 1 is 1.15 bits per heavy atom. The van der Waals surface area contributed by atoms with Crippen LogP contribution < -0.4 is 10.1 Å². The monoisotopic (exact) mass is 388 g/mol. The predicted octanol–water partition coefficient (Wildman–Crippen LogP) is 3.44. The molecule has 0 bridgehead atoms. The average Bonchev–Trinajstić information content (AvgIpc) is 2.67. The van der Waals surface area contributed by atoms with Crippen molar-refractivity contribution in [2.75, 3.05) is 14.2 Å². The van der Waals surface area contributed by atoms with E-state index >= 15 is 0 Å². The Kier molecular flexibility index (Phi) is 7.67. The van der Waals surface area contributed by atoms with Gasteiger partial charge in [0.25, 0.3) is 0 Å². The van der Waals surface area contributed by atoms with Crippen molar-refractivity contribution in [3.05, 3.63) is 64.7 Å². The molecule has 0 fully saturated rings. The fourth-order valence-electron chi connectivity index (χ4n) is 2.98. The lowest BCUT2D eigenvalue weighted by molar-refractivity contribution is -0.140. The zero-order valence-corrected chi connectivity index (χ0v) is 16.6. The molecule has 0 radical (unpaired) electrons. The van der Waals surface area contributed by atoms with Crippen molar-refractivity contribution in [1.29, 1.82) is 0 Å². The number of methoxy groups -OCH3 is 1. The lowest BCUT2D eigenvalue weighted by Gasteiger charge is -2.30. The molecule has 27 heavy (non-hydrogen) atoms. The van der Waals surface area contributed by atoms with Gasteiger partial charge >= 0.3 is 0 Å². The summed E-state index contributed by atoms with van der Waals surface area (Å²) < 4.78 is 5.26. The summed E-state index contributed by atoms with van der Waals surface area (Å²) >= 11 is 6.03. The van der Waals surface area contributed by atoms with Gasteiger partial charge in [0.1, 0.15) is 11.8 Å². The van der Waals surface area contributed by atoms with Crippen LogP contribution in [0.2, 0.25) is 5.02 Å². The van der Waals surface area contributed by atoms with Crippen molar-refractivity contribution in [3.63, 3.8) is 0 Å². The van der Waals surface area contributed by atoms with Gasteiger partial charge in [0.15, 0.2) is 0 Å². The number of nitrogens with zero attached hydrogens (tertiary/aromatic N) is 1. The van der Waals surface area contributed by atoms with E-state index in [0.29, 0.717) is 23.7 Å². The van der Waals surface area contributed by atoms with Gasteiger partial charge in [-0.15, -0.1) is 0 Å². The summed E-state index contributed by atoms with van der Waals surface area (Å²) in [4.78, 5) is 27.1. The highest BCUT2D eigenvalue weighted by atomic mass is 35.5. The SMILES string of the molecule is CCC(C(=O)NC)N(Cc1cccc(OC)c1)C(=O)Cc1cccc(Cl)c1. The van der Waals surface area contributed by atoms with Crippen molar-refractivity contribution in [2.45, 2.75) is 32.4 Å². The molecule has 2 amide bonds. The molecule has 0 saturated heterocycles. The van der Waals surface area contributed by atoms with Crippen molar-refractivity contribution in [1.82, 2.24) is 10.2 Å². The molecule has 2 aromatic rings. The first-order valence-electron chi connectivity index (χ1n) is 8.87. The second kappa shape index (κ2) is 9.97. The number of hydrogen-bond donors (Lipinski definition) is 1. The molecule has 144 valence electrons. The number of hydrogen-bond acceptors (Lipinski definition) is 3. The van der Waals surface area contributed by atoms with Gasteiger partial charge in [-0.05, 0) is 41.8 Å². The van der Waals surface area contributed by atoms with E-state index < -0.39 is 6.04 Å². The Morgan fingerprint density at radius 2 is 1.85 bits per heavy atom. The standard InChI is InChI=1S/C21H25ClN2O3/c1-4-19(21(26)23-2)24(14-16-8-6-10-18(12-16)27-3)20(25)13-15-7-5-9-17(22)11-15/h5-12,19H,4,13-14H2,1-3H3,(H,23,26). The molecule has 0 aromatic heterocycles. The first kappa shape index (κ1) is 20.8. The molecule has 1 atom stereocenters. The van der Waals surface area contributed by atoms with Crippen LogP contribution in [-0.4, -0.2) is 36.9 Å². The molecule has 0 heterocycles. The Labute approximate surface area is 165 Å². The van der Waals surface area contributed by atoms with Crippen LogP contribution in [0.3, 0.4) is 0 Å². The molecule has 0 aliphatic rings. The summed E-state index contributed by atoms with van der Waals surface area (Å²) in [6.45, 7) is 2.22. The van der Waals surface area contributed by atoms with Crippen LogP contribution >= 0.6 is 11.6 Å². The molecule has 0 aliphatic carbocycles. The maximum Gasteiger partial charge on any atom is 0.242 e. The highest BCUT2D eigenvalue weighted by molar-refractivity contribution is 6.30. The second-order valence-electron chi connectivity index (χ2n) is 6.22. The van der Waals surface area contributed by atoms with E-state index in [1.54, 1.807) is 31.2 Å². The molecule has 0 saturated carbocycles. The van der Waals surface area contributed by atoms with E-state index in [2.05, 4.69) is 5.32 Å². The minimum Gasteiger partial charge on any atom is -0.497 e. The number of ether oxygens (including phenoxy) is 1. The van der Waals surface area contributed by atoms with E-state index in [0.717, 1.165) is 11.1 Å². The van der Waals surface area contributed by atoms with E-state index in [4.69, 9.17) is 16.3 Å². The van der Waals surface area contributed by atoms with Crippen LogP contribution in [0.15, 0.2) is 48.5 Å². The Balaban J connectivity index is 2.29. The van der Waals surface area contributed by atoms with Crippen molar-refractivity contribution >= 4 is 23.4 Å².